The number of amides is 1. The molecule has 144 valence electrons. The van der Waals surface area contributed by atoms with Gasteiger partial charge in [0.2, 0.25) is 5.91 Å². The van der Waals surface area contributed by atoms with Gasteiger partial charge < -0.3 is 14.4 Å². The summed E-state index contributed by atoms with van der Waals surface area (Å²) >= 11 is 0. The Labute approximate surface area is 159 Å². The Morgan fingerprint density at radius 3 is 2.48 bits per heavy atom. The first-order chi connectivity index (χ1) is 13.2. The Hall–Kier alpha value is -2.24. The van der Waals surface area contributed by atoms with Crippen LogP contribution in [0.3, 0.4) is 0 Å². The Morgan fingerprint density at radius 2 is 1.78 bits per heavy atom. The minimum Gasteiger partial charge on any atom is -0.378 e. The highest BCUT2D eigenvalue weighted by atomic mass is 19.1. The number of morpholine rings is 1. The number of ether oxygens (including phenoxy) is 2. The highest BCUT2D eigenvalue weighted by Gasteiger charge is 2.18. The van der Waals surface area contributed by atoms with Gasteiger partial charge in [-0.15, -0.1) is 0 Å². The van der Waals surface area contributed by atoms with E-state index in [-0.39, 0.29) is 17.8 Å². The fourth-order valence-corrected chi connectivity index (χ4v) is 3.20. The van der Waals surface area contributed by atoms with E-state index in [2.05, 4.69) is 0 Å². The van der Waals surface area contributed by atoms with E-state index in [0.29, 0.717) is 45.8 Å². The SMILES string of the molecule is O=C(CCC[C@H](OCc1ccccc1)c1ccc(F)cc1)N1CCOCC1. The summed E-state index contributed by atoms with van der Waals surface area (Å²) < 4.78 is 24.7. The Balaban J connectivity index is 1.55. The highest BCUT2D eigenvalue weighted by Crippen LogP contribution is 2.25. The van der Waals surface area contributed by atoms with Crippen LogP contribution in [0.2, 0.25) is 0 Å². The number of carbonyl (C=O) groups excluding carboxylic acids is 1. The number of benzene rings is 2. The molecular formula is C22H26FNO3. The third-order valence-corrected chi connectivity index (χ3v) is 4.76. The van der Waals surface area contributed by atoms with Crippen LogP contribution in [0.5, 0.6) is 0 Å². The Kier molecular flexibility index (Phi) is 7.36. The topological polar surface area (TPSA) is 38.8 Å². The van der Waals surface area contributed by atoms with Crippen molar-refractivity contribution in [1.82, 2.24) is 4.90 Å². The van der Waals surface area contributed by atoms with Gasteiger partial charge in [-0.1, -0.05) is 42.5 Å². The van der Waals surface area contributed by atoms with E-state index in [0.717, 1.165) is 17.5 Å². The summed E-state index contributed by atoms with van der Waals surface area (Å²) in [5, 5.41) is 0. The molecule has 3 rings (SSSR count). The second-order valence-corrected chi connectivity index (χ2v) is 6.72. The molecule has 1 aliphatic heterocycles. The first-order valence-electron chi connectivity index (χ1n) is 9.49. The first-order valence-corrected chi connectivity index (χ1v) is 9.49. The number of hydrogen-bond acceptors (Lipinski definition) is 3. The molecule has 0 aliphatic carbocycles. The lowest BCUT2D eigenvalue weighted by molar-refractivity contribution is -0.135. The van der Waals surface area contributed by atoms with Crippen LogP contribution in [0.15, 0.2) is 54.6 Å². The van der Waals surface area contributed by atoms with Crippen molar-refractivity contribution < 1.29 is 18.7 Å². The van der Waals surface area contributed by atoms with Gasteiger partial charge in [0, 0.05) is 19.5 Å². The zero-order valence-corrected chi connectivity index (χ0v) is 15.5. The predicted molar refractivity (Wildman–Crippen MR) is 102 cm³/mol. The molecule has 1 amide bonds. The van der Waals surface area contributed by atoms with E-state index < -0.39 is 0 Å². The Morgan fingerprint density at radius 1 is 1.07 bits per heavy atom. The lowest BCUT2D eigenvalue weighted by atomic mass is 10.0. The zero-order valence-electron chi connectivity index (χ0n) is 15.5. The normalized spacial score (nSPS) is 15.5. The van der Waals surface area contributed by atoms with E-state index in [4.69, 9.17) is 9.47 Å². The van der Waals surface area contributed by atoms with Gasteiger partial charge in [-0.2, -0.15) is 0 Å². The second kappa shape index (κ2) is 10.2. The quantitative estimate of drug-likeness (QED) is 0.701. The Bertz CT molecular complexity index is 699. The summed E-state index contributed by atoms with van der Waals surface area (Å²) in [6.07, 6.45) is 1.77. The molecule has 0 aromatic heterocycles. The number of halogens is 1. The maximum absolute atomic E-state index is 13.3. The fraction of sp³-hybridized carbons (Fsp3) is 0.409. The van der Waals surface area contributed by atoms with Gasteiger partial charge in [-0.05, 0) is 36.1 Å². The van der Waals surface area contributed by atoms with Crippen molar-refractivity contribution in [3.05, 3.63) is 71.5 Å². The third kappa shape index (κ3) is 6.15. The summed E-state index contributed by atoms with van der Waals surface area (Å²) in [4.78, 5) is 14.2. The molecule has 27 heavy (non-hydrogen) atoms. The lowest BCUT2D eigenvalue weighted by Gasteiger charge is -2.27. The molecule has 5 heteroatoms. The zero-order chi connectivity index (χ0) is 18.9. The molecule has 2 aromatic carbocycles. The smallest absolute Gasteiger partial charge is 0.222 e. The number of hydrogen-bond donors (Lipinski definition) is 0. The largest absolute Gasteiger partial charge is 0.378 e. The molecule has 0 unspecified atom stereocenters. The van der Waals surface area contributed by atoms with E-state index in [1.807, 2.05) is 35.2 Å². The van der Waals surface area contributed by atoms with Gasteiger partial charge >= 0.3 is 0 Å². The van der Waals surface area contributed by atoms with Crippen LogP contribution < -0.4 is 0 Å². The van der Waals surface area contributed by atoms with E-state index in [1.165, 1.54) is 12.1 Å². The van der Waals surface area contributed by atoms with Crippen molar-refractivity contribution in [2.45, 2.75) is 32.0 Å². The maximum Gasteiger partial charge on any atom is 0.222 e. The van der Waals surface area contributed by atoms with Crippen LogP contribution in [0.25, 0.3) is 0 Å². The van der Waals surface area contributed by atoms with Crippen molar-refractivity contribution >= 4 is 5.91 Å². The average molecular weight is 371 g/mol. The summed E-state index contributed by atoms with van der Waals surface area (Å²) in [5.74, 6) is -0.0951. The molecule has 0 radical (unpaired) electrons. The monoisotopic (exact) mass is 371 g/mol. The van der Waals surface area contributed by atoms with Crippen molar-refractivity contribution in [3.8, 4) is 0 Å². The summed E-state index contributed by atoms with van der Waals surface area (Å²) in [6.45, 7) is 3.06. The van der Waals surface area contributed by atoms with E-state index in [1.54, 1.807) is 12.1 Å². The standard InChI is InChI=1S/C22H26FNO3/c23-20-11-9-19(10-12-20)21(27-17-18-5-2-1-3-6-18)7-4-8-22(25)24-13-15-26-16-14-24/h1-3,5-6,9-12,21H,4,7-8,13-17H2/t21-/m0/s1. The van der Waals surface area contributed by atoms with Gasteiger partial charge in [-0.25, -0.2) is 4.39 Å². The molecule has 0 spiro atoms. The van der Waals surface area contributed by atoms with Crippen LogP contribution in [0.1, 0.15) is 36.5 Å². The van der Waals surface area contributed by atoms with Crippen LogP contribution in [0, 0.1) is 5.82 Å². The lowest BCUT2D eigenvalue weighted by Crippen LogP contribution is -2.40. The molecule has 2 aromatic rings. The molecular weight excluding hydrogens is 345 g/mol. The van der Waals surface area contributed by atoms with Crippen LogP contribution in [-0.4, -0.2) is 37.1 Å². The van der Waals surface area contributed by atoms with Crippen LogP contribution in [0.4, 0.5) is 4.39 Å². The van der Waals surface area contributed by atoms with Crippen LogP contribution >= 0.6 is 0 Å². The molecule has 1 saturated heterocycles. The van der Waals surface area contributed by atoms with Gasteiger partial charge in [-0.3, -0.25) is 4.79 Å². The van der Waals surface area contributed by atoms with Gasteiger partial charge in [0.1, 0.15) is 5.82 Å². The third-order valence-electron chi connectivity index (χ3n) is 4.76. The van der Waals surface area contributed by atoms with Crippen molar-refractivity contribution in [1.29, 1.82) is 0 Å². The minimum absolute atomic E-state index is 0.164. The molecule has 4 nitrogen and oxygen atoms in total. The predicted octanol–water partition coefficient (Wildman–Crippen LogP) is 4.11. The van der Waals surface area contributed by atoms with Gasteiger partial charge in [0.15, 0.2) is 0 Å². The van der Waals surface area contributed by atoms with Crippen LogP contribution in [-0.2, 0) is 20.9 Å². The first kappa shape index (κ1) is 19.5. The van der Waals surface area contributed by atoms with Gasteiger partial charge in [0.25, 0.3) is 0 Å². The summed E-state index contributed by atoms with van der Waals surface area (Å²) in [7, 11) is 0. The van der Waals surface area contributed by atoms with Crippen molar-refractivity contribution in [2.24, 2.45) is 0 Å². The minimum atomic E-state index is -0.261. The van der Waals surface area contributed by atoms with E-state index >= 15 is 0 Å². The molecule has 0 N–H and O–H groups in total. The molecule has 0 saturated carbocycles. The molecule has 1 fully saturated rings. The fourth-order valence-electron chi connectivity index (χ4n) is 3.20. The maximum atomic E-state index is 13.3. The summed E-state index contributed by atoms with van der Waals surface area (Å²) in [5.41, 5.74) is 2.03. The van der Waals surface area contributed by atoms with Crippen molar-refractivity contribution in [3.63, 3.8) is 0 Å². The average Bonchev–Trinajstić information content (AvgIpc) is 2.72. The number of nitrogens with zero attached hydrogens (tertiary/aromatic N) is 1. The highest BCUT2D eigenvalue weighted by molar-refractivity contribution is 5.76. The van der Waals surface area contributed by atoms with Gasteiger partial charge in [0.05, 0.1) is 25.9 Å². The summed E-state index contributed by atoms with van der Waals surface area (Å²) in [6, 6.07) is 16.4. The molecule has 1 atom stereocenters. The molecule has 1 heterocycles. The van der Waals surface area contributed by atoms with E-state index in [9.17, 15) is 9.18 Å². The number of rotatable bonds is 8. The van der Waals surface area contributed by atoms with Crippen molar-refractivity contribution in [2.75, 3.05) is 26.3 Å². The number of carbonyl (C=O) groups is 1. The second-order valence-electron chi connectivity index (χ2n) is 6.72. The molecule has 1 aliphatic rings. The molecule has 0 bridgehead atoms.